The minimum Gasteiger partial charge on any atom is -0.221 e. The third kappa shape index (κ3) is 1.39. The van der Waals surface area contributed by atoms with E-state index >= 15 is 0 Å². The first-order chi connectivity index (χ1) is 6.63. The number of fused-ring (bicyclic) bond motifs is 1. The quantitative estimate of drug-likeness (QED) is 0.726. The Balaban J connectivity index is 2.53. The molecule has 3 heteroatoms. The van der Waals surface area contributed by atoms with Gasteiger partial charge in [0.05, 0.1) is 0 Å². The standard InChI is InChI=1S/C11H15N3/c1-4-11(2,3)9-5-6-14-10(7-9)12-8-13-14/h5-8H,4H2,1-3H3. The number of pyridine rings is 1. The number of hydrogen-bond donors (Lipinski definition) is 0. The van der Waals surface area contributed by atoms with Crippen molar-refractivity contribution in [3.05, 3.63) is 30.2 Å². The van der Waals surface area contributed by atoms with Crippen molar-refractivity contribution >= 4 is 5.65 Å². The smallest absolute Gasteiger partial charge is 0.155 e. The van der Waals surface area contributed by atoms with E-state index in [9.17, 15) is 0 Å². The Morgan fingerprint density at radius 1 is 1.43 bits per heavy atom. The van der Waals surface area contributed by atoms with E-state index in [4.69, 9.17) is 0 Å². The Morgan fingerprint density at radius 3 is 2.93 bits per heavy atom. The molecule has 0 aliphatic carbocycles. The summed E-state index contributed by atoms with van der Waals surface area (Å²) in [5.41, 5.74) is 2.46. The molecule has 2 rings (SSSR count). The Bertz CT molecular complexity index is 442. The molecule has 0 atom stereocenters. The predicted octanol–water partition coefficient (Wildman–Crippen LogP) is 2.42. The molecule has 0 aromatic carbocycles. The maximum Gasteiger partial charge on any atom is 0.155 e. The highest BCUT2D eigenvalue weighted by molar-refractivity contribution is 5.41. The summed E-state index contributed by atoms with van der Waals surface area (Å²) in [6, 6.07) is 4.22. The third-order valence-corrected chi connectivity index (χ3v) is 2.95. The molecule has 0 fully saturated rings. The van der Waals surface area contributed by atoms with Crippen LogP contribution in [0.4, 0.5) is 0 Å². The molecule has 0 radical (unpaired) electrons. The molecule has 0 amide bonds. The van der Waals surface area contributed by atoms with Gasteiger partial charge in [-0.1, -0.05) is 20.8 Å². The Kier molecular flexibility index (Phi) is 2.02. The summed E-state index contributed by atoms with van der Waals surface area (Å²) in [5.74, 6) is 0. The zero-order chi connectivity index (χ0) is 10.2. The summed E-state index contributed by atoms with van der Waals surface area (Å²) in [7, 11) is 0. The van der Waals surface area contributed by atoms with Crippen LogP contribution in [0.25, 0.3) is 5.65 Å². The van der Waals surface area contributed by atoms with Gasteiger partial charge in [-0.15, -0.1) is 0 Å². The second kappa shape index (κ2) is 3.08. The van der Waals surface area contributed by atoms with Gasteiger partial charge in [-0.05, 0) is 29.5 Å². The molecule has 2 heterocycles. The first kappa shape index (κ1) is 9.19. The highest BCUT2D eigenvalue weighted by atomic mass is 15.3. The summed E-state index contributed by atoms with van der Waals surface area (Å²) in [5, 5.41) is 4.07. The minimum absolute atomic E-state index is 0.216. The molecule has 0 saturated heterocycles. The molecule has 2 aromatic rings. The van der Waals surface area contributed by atoms with E-state index in [0.29, 0.717) is 0 Å². The summed E-state index contributed by atoms with van der Waals surface area (Å²) >= 11 is 0. The Hall–Kier alpha value is -1.38. The summed E-state index contributed by atoms with van der Waals surface area (Å²) < 4.78 is 1.79. The summed E-state index contributed by atoms with van der Waals surface area (Å²) in [6.45, 7) is 6.69. The maximum atomic E-state index is 4.18. The van der Waals surface area contributed by atoms with Crippen molar-refractivity contribution < 1.29 is 0 Å². The highest BCUT2D eigenvalue weighted by Crippen LogP contribution is 2.26. The van der Waals surface area contributed by atoms with Crippen molar-refractivity contribution in [2.24, 2.45) is 0 Å². The number of rotatable bonds is 2. The van der Waals surface area contributed by atoms with Crippen LogP contribution in [-0.4, -0.2) is 14.6 Å². The van der Waals surface area contributed by atoms with Crippen molar-refractivity contribution in [1.29, 1.82) is 0 Å². The molecule has 0 saturated carbocycles. The summed E-state index contributed by atoms with van der Waals surface area (Å²) in [6.07, 6.45) is 4.67. The van der Waals surface area contributed by atoms with Gasteiger partial charge in [-0.3, -0.25) is 0 Å². The van der Waals surface area contributed by atoms with Crippen LogP contribution in [0.1, 0.15) is 32.8 Å². The van der Waals surface area contributed by atoms with Gasteiger partial charge in [0.15, 0.2) is 5.65 Å². The third-order valence-electron chi connectivity index (χ3n) is 2.95. The molecule has 2 aromatic heterocycles. The molecular formula is C11H15N3. The van der Waals surface area contributed by atoms with Crippen LogP contribution in [-0.2, 0) is 5.41 Å². The van der Waals surface area contributed by atoms with Gasteiger partial charge in [-0.2, -0.15) is 5.10 Å². The Labute approximate surface area is 83.8 Å². The van der Waals surface area contributed by atoms with Crippen LogP contribution in [0.5, 0.6) is 0 Å². The van der Waals surface area contributed by atoms with Crippen LogP contribution in [0.15, 0.2) is 24.7 Å². The number of hydrogen-bond acceptors (Lipinski definition) is 2. The number of nitrogens with zero attached hydrogens (tertiary/aromatic N) is 3. The fourth-order valence-electron chi connectivity index (χ4n) is 1.44. The fourth-order valence-corrected chi connectivity index (χ4v) is 1.44. The van der Waals surface area contributed by atoms with Crippen molar-refractivity contribution in [2.75, 3.05) is 0 Å². The van der Waals surface area contributed by atoms with Crippen molar-refractivity contribution in [1.82, 2.24) is 14.6 Å². The monoisotopic (exact) mass is 189 g/mol. The second-order valence-electron chi connectivity index (χ2n) is 4.22. The fraction of sp³-hybridized carbons (Fsp3) is 0.455. The van der Waals surface area contributed by atoms with Crippen molar-refractivity contribution in [2.45, 2.75) is 32.6 Å². The zero-order valence-electron chi connectivity index (χ0n) is 8.86. The summed E-state index contributed by atoms with van der Waals surface area (Å²) in [4.78, 5) is 4.18. The van der Waals surface area contributed by atoms with E-state index in [1.54, 1.807) is 10.8 Å². The van der Waals surface area contributed by atoms with Gasteiger partial charge in [-0.25, -0.2) is 9.50 Å². The maximum absolute atomic E-state index is 4.18. The highest BCUT2D eigenvalue weighted by Gasteiger charge is 2.18. The topological polar surface area (TPSA) is 30.2 Å². The number of aromatic nitrogens is 3. The first-order valence-electron chi connectivity index (χ1n) is 4.93. The lowest BCUT2D eigenvalue weighted by Gasteiger charge is -2.22. The van der Waals surface area contributed by atoms with E-state index in [1.165, 1.54) is 5.56 Å². The van der Waals surface area contributed by atoms with Gasteiger partial charge in [0.1, 0.15) is 6.33 Å². The molecule has 14 heavy (non-hydrogen) atoms. The average molecular weight is 189 g/mol. The van der Waals surface area contributed by atoms with E-state index in [1.807, 2.05) is 6.20 Å². The molecule has 3 nitrogen and oxygen atoms in total. The van der Waals surface area contributed by atoms with Crippen LogP contribution in [0.3, 0.4) is 0 Å². The first-order valence-corrected chi connectivity index (χ1v) is 4.93. The van der Waals surface area contributed by atoms with E-state index < -0.39 is 0 Å². The molecule has 0 unspecified atom stereocenters. The molecular weight excluding hydrogens is 174 g/mol. The van der Waals surface area contributed by atoms with Gasteiger partial charge in [0.25, 0.3) is 0 Å². The average Bonchev–Trinajstić information content (AvgIpc) is 2.64. The van der Waals surface area contributed by atoms with E-state index in [0.717, 1.165) is 12.1 Å². The molecule has 0 spiro atoms. The van der Waals surface area contributed by atoms with Crippen LogP contribution < -0.4 is 0 Å². The van der Waals surface area contributed by atoms with Gasteiger partial charge >= 0.3 is 0 Å². The zero-order valence-corrected chi connectivity index (χ0v) is 8.86. The lowest BCUT2D eigenvalue weighted by molar-refractivity contribution is 0.506. The van der Waals surface area contributed by atoms with Gasteiger partial charge in [0.2, 0.25) is 0 Å². The van der Waals surface area contributed by atoms with E-state index in [-0.39, 0.29) is 5.41 Å². The second-order valence-corrected chi connectivity index (χ2v) is 4.22. The molecule has 0 bridgehead atoms. The van der Waals surface area contributed by atoms with Crippen LogP contribution in [0, 0.1) is 0 Å². The van der Waals surface area contributed by atoms with Crippen molar-refractivity contribution in [3.63, 3.8) is 0 Å². The van der Waals surface area contributed by atoms with Crippen LogP contribution >= 0.6 is 0 Å². The predicted molar refractivity (Wildman–Crippen MR) is 56.3 cm³/mol. The van der Waals surface area contributed by atoms with Gasteiger partial charge < -0.3 is 0 Å². The lowest BCUT2D eigenvalue weighted by atomic mass is 9.83. The largest absolute Gasteiger partial charge is 0.221 e. The SMILES string of the molecule is CCC(C)(C)c1ccn2ncnc2c1. The molecule has 0 N–H and O–H groups in total. The van der Waals surface area contributed by atoms with Crippen molar-refractivity contribution in [3.8, 4) is 0 Å². The van der Waals surface area contributed by atoms with Gasteiger partial charge in [0, 0.05) is 6.20 Å². The molecule has 74 valence electrons. The normalized spacial score (nSPS) is 12.2. The van der Waals surface area contributed by atoms with E-state index in [2.05, 4.69) is 43.0 Å². The molecule has 0 aliphatic rings. The van der Waals surface area contributed by atoms with Crippen LogP contribution in [0.2, 0.25) is 0 Å². The Morgan fingerprint density at radius 2 is 2.21 bits per heavy atom. The minimum atomic E-state index is 0.216. The molecule has 0 aliphatic heterocycles. The lowest BCUT2D eigenvalue weighted by Crippen LogP contribution is -2.15.